The Morgan fingerprint density at radius 2 is 2.00 bits per heavy atom. The standard InChI is InChI=1S/C25H25N3O4/c1-30-20-3-4-22-18(12-20)11-19(15-32-22)25-27-21-13-17(16-5-7-26-8-6-16)14-23(24(21)28-25)31-10-2-9-29/h3-8,12-14,19,29H,2,9-11,15H2,1H3,(H,27,28)/t19-/m0/s1. The number of pyridine rings is 1. The largest absolute Gasteiger partial charge is 0.497 e. The van der Waals surface area contributed by atoms with Crippen molar-refractivity contribution in [3.8, 4) is 28.4 Å². The monoisotopic (exact) mass is 431 g/mol. The van der Waals surface area contributed by atoms with Crippen molar-refractivity contribution in [1.29, 1.82) is 0 Å². The maximum atomic E-state index is 9.15. The molecule has 1 atom stereocenters. The van der Waals surface area contributed by atoms with Crippen molar-refractivity contribution in [1.82, 2.24) is 15.0 Å². The van der Waals surface area contributed by atoms with Crippen molar-refractivity contribution in [3.05, 3.63) is 66.2 Å². The van der Waals surface area contributed by atoms with Gasteiger partial charge >= 0.3 is 0 Å². The summed E-state index contributed by atoms with van der Waals surface area (Å²) in [5.74, 6) is 3.37. The van der Waals surface area contributed by atoms with Crippen LogP contribution in [-0.4, -0.2) is 47.0 Å². The topological polar surface area (TPSA) is 89.5 Å². The fourth-order valence-electron chi connectivity index (χ4n) is 4.04. The van der Waals surface area contributed by atoms with Crippen molar-refractivity contribution in [2.75, 3.05) is 26.9 Å². The van der Waals surface area contributed by atoms with E-state index >= 15 is 0 Å². The molecule has 0 saturated heterocycles. The van der Waals surface area contributed by atoms with Gasteiger partial charge in [-0.1, -0.05) is 0 Å². The second kappa shape index (κ2) is 8.88. The van der Waals surface area contributed by atoms with Gasteiger partial charge in [0, 0.05) is 25.4 Å². The number of hydrogen-bond donors (Lipinski definition) is 2. The van der Waals surface area contributed by atoms with Crippen LogP contribution >= 0.6 is 0 Å². The summed E-state index contributed by atoms with van der Waals surface area (Å²) in [5, 5.41) is 9.15. The Kier molecular flexibility index (Phi) is 5.64. The molecule has 0 saturated carbocycles. The second-order valence-corrected chi connectivity index (χ2v) is 7.84. The highest BCUT2D eigenvalue weighted by molar-refractivity contribution is 5.87. The van der Waals surface area contributed by atoms with Gasteiger partial charge in [0.25, 0.3) is 0 Å². The van der Waals surface area contributed by atoms with Gasteiger partial charge in [-0.3, -0.25) is 4.98 Å². The summed E-state index contributed by atoms with van der Waals surface area (Å²) >= 11 is 0. The normalized spacial score (nSPS) is 15.2. The van der Waals surface area contributed by atoms with Crippen LogP contribution in [-0.2, 0) is 6.42 Å². The number of fused-ring (bicyclic) bond motifs is 2. The van der Waals surface area contributed by atoms with Crippen LogP contribution in [0.4, 0.5) is 0 Å². The average Bonchev–Trinajstić information content (AvgIpc) is 3.28. The van der Waals surface area contributed by atoms with Gasteiger partial charge < -0.3 is 24.3 Å². The summed E-state index contributed by atoms with van der Waals surface area (Å²) in [7, 11) is 1.67. The summed E-state index contributed by atoms with van der Waals surface area (Å²) in [6.45, 7) is 1.06. The molecule has 164 valence electrons. The predicted octanol–water partition coefficient (Wildman–Crippen LogP) is 4.11. The van der Waals surface area contributed by atoms with E-state index in [1.165, 1.54) is 0 Å². The van der Waals surface area contributed by atoms with Crippen LogP contribution in [0, 0.1) is 0 Å². The molecule has 1 aliphatic heterocycles. The fourth-order valence-corrected chi connectivity index (χ4v) is 4.04. The number of aliphatic hydroxyl groups is 1. The molecule has 0 fully saturated rings. The molecule has 0 aliphatic carbocycles. The minimum atomic E-state index is 0.0846. The highest BCUT2D eigenvalue weighted by Crippen LogP contribution is 2.37. The predicted molar refractivity (Wildman–Crippen MR) is 121 cm³/mol. The maximum Gasteiger partial charge on any atom is 0.147 e. The molecule has 0 bridgehead atoms. The quantitative estimate of drug-likeness (QED) is 0.428. The number of benzene rings is 2. The van der Waals surface area contributed by atoms with Gasteiger partial charge in [-0.25, -0.2) is 4.98 Å². The lowest BCUT2D eigenvalue weighted by Gasteiger charge is -2.24. The number of hydrogen-bond acceptors (Lipinski definition) is 6. The molecule has 1 aliphatic rings. The molecule has 3 heterocycles. The van der Waals surface area contributed by atoms with Crippen molar-refractivity contribution in [2.45, 2.75) is 18.8 Å². The van der Waals surface area contributed by atoms with Crippen LogP contribution in [0.3, 0.4) is 0 Å². The molecule has 0 spiro atoms. The van der Waals surface area contributed by atoms with Crippen molar-refractivity contribution in [2.24, 2.45) is 0 Å². The Bertz CT molecular complexity index is 1220. The maximum absolute atomic E-state index is 9.15. The lowest BCUT2D eigenvalue weighted by atomic mass is 9.96. The van der Waals surface area contributed by atoms with Gasteiger partial charge in [0.15, 0.2) is 0 Å². The summed E-state index contributed by atoms with van der Waals surface area (Å²) in [6.07, 6.45) is 4.92. The summed E-state index contributed by atoms with van der Waals surface area (Å²) in [4.78, 5) is 12.5. The zero-order valence-electron chi connectivity index (χ0n) is 17.9. The first-order valence-corrected chi connectivity index (χ1v) is 10.7. The molecule has 0 amide bonds. The van der Waals surface area contributed by atoms with Gasteiger partial charge in [-0.05, 0) is 65.6 Å². The average molecular weight is 431 g/mol. The number of imidazole rings is 1. The van der Waals surface area contributed by atoms with Crippen molar-refractivity contribution >= 4 is 11.0 Å². The van der Waals surface area contributed by atoms with Crippen LogP contribution in [0.2, 0.25) is 0 Å². The molecular formula is C25H25N3O4. The zero-order chi connectivity index (χ0) is 21.9. The van der Waals surface area contributed by atoms with Gasteiger partial charge in [-0.15, -0.1) is 0 Å². The van der Waals surface area contributed by atoms with E-state index < -0.39 is 0 Å². The third kappa shape index (κ3) is 3.99. The Labute approximate surface area is 186 Å². The van der Waals surface area contributed by atoms with E-state index in [4.69, 9.17) is 24.3 Å². The molecule has 0 radical (unpaired) electrons. The zero-order valence-corrected chi connectivity index (χ0v) is 17.9. The minimum absolute atomic E-state index is 0.0846. The van der Waals surface area contributed by atoms with Crippen LogP contribution < -0.4 is 14.2 Å². The molecular weight excluding hydrogens is 406 g/mol. The Morgan fingerprint density at radius 1 is 1.12 bits per heavy atom. The van der Waals surface area contributed by atoms with Gasteiger partial charge in [0.1, 0.15) is 28.6 Å². The van der Waals surface area contributed by atoms with E-state index in [2.05, 4.69) is 16.0 Å². The third-order valence-electron chi connectivity index (χ3n) is 5.70. The molecule has 2 aromatic heterocycles. The Balaban J connectivity index is 1.51. The number of H-pyrrole nitrogens is 1. The molecule has 0 unspecified atom stereocenters. The van der Waals surface area contributed by atoms with E-state index in [1.54, 1.807) is 19.5 Å². The number of rotatable bonds is 7. The molecule has 2 aromatic carbocycles. The summed E-state index contributed by atoms with van der Waals surface area (Å²) in [5.41, 5.74) is 4.87. The van der Waals surface area contributed by atoms with E-state index in [-0.39, 0.29) is 12.5 Å². The number of nitrogens with one attached hydrogen (secondary N) is 1. The van der Waals surface area contributed by atoms with Gasteiger partial charge in [0.05, 0.1) is 31.8 Å². The summed E-state index contributed by atoms with van der Waals surface area (Å²) < 4.78 is 17.4. The smallest absolute Gasteiger partial charge is 0.147 e. The van der Waals surface area contributed by atoms with Crippen LogP contribution in [0.15, 0.2) is 54.9 Å². The lowest BCUT2D eigenvalue weighted by Crippen LogP contribution is -2.20. The number of aliphatic hydroxyl groups excluding tert-OH is 1. The number of aromatic nitrogens is 3. The first kappa shape index (κ1) is 20.3. The van der Waals surface area contributed by atoms with Crippen molar-refractivity contribution < 1.29 is 19.3 Å². The minimum Gasteiger partial charge on any atom is -0.497 e. The number of methoxy groups -OCH3 is 1. The lowest BCUT2D eigenvalue weighted by molar-refractivity contribution is 0.234. The Morgan fingerprint density at radius 3 is 2.81 bits per heavy atom. The van der Waals surface area contributed by atoms with Gasteiger partial charge in [-0.2, -0.15) is 0 Å². The number of ether oxygens (including phenoxy) is 3. The van der Waals surface area contributed by atoms with Gasteiger partial charge in [0.2, 0.25) is 0 Å². The van der Waals surface area contributed by atoms with Crippen LogP contribution in [0.25, 0.3) is 22.2 Å². The number of nitrogens with zero attached hydrogens (tertiary/aromatic N) is 2. The Hall–Kier alpha value is -3.58. The van der Waals surface area contributed by atoms with Crippen LogP contribution in [0.5, 0.6) is 17.2 Å². The van der Waals surface area contributed by atoms with Crippen LogP contribution in [0.1, 0.15) is 23.7 Å². The second-order valence-electron chi connectivity index (χ2n) is 7.84. The van der Waals surface area contributed by atoms with Crippen molar-refractivity contribution in [3.63, 3.8) is 0 Å². The van der Waals surface area contributed by atoms with E-state index in [0.29, 0.717) is 25.4 Å². The first-order valence-electron chi connectivity index (χ1n) is 10.7. The van der Waals surface area contributed by atoms with E-state index in [9.17, 15) is 0 Å². The summed E-state index contributed by atoms with van der Waals surface area (Å²) in [6, 6.07) is 13.9. The first-order chi connectivity index (χ1) is 15.7. The number of aromatic amines is 1. The molecule has 32 heavy (non-hydrogen) atoms. The van der Waals surface area contributed by atoms with E-state index in [1.807, 2.05) is 36.4 Å². The SMILES string of the molecule is COc1ccc2c(c1)C[C@H](c1nc3c(OCCCO)cc(-c4ccncc4)cc3[nH]1)CO2. The molecule has 7 nitrogen and oxygen atoms in total. The third-order valence-corrected chi connectivity index (χ3v) is 5.70. The fraction of sp³-hybridized carbons (Fsp3) is 0.280. The highest BCUT2D eigenvalue weighted by atomic mass is 16.5. The molecule has 4 aromatic rings. The molecule has 2 N–H and O–H groups in total. The molecule has 5 rings (SSSR count). The highest BCUT2D eigenvalue weighted by Gasteiger charge is 2.25. The van der Waals surface area contributed by atoms with E-state index in [0.717, 1.165) is 51.5 Å². The molecule has 7 heteroatoms.